The predicted octanol–water partition coefficient (Wildman–Crippen LogP) is 0.779. The number of rotatable bonds is 4. The fraction of sp³-hybridized carbons (Fsp3) is 0.364. The molecule has 0 aromatic heterocycles. The Bertz CT molecular complexity index is 397. The number of carbonyl (C=O) groups is 1. The first kappa shape index (κ1) is 12.3. The highest BCUT2D eigenvalue weighted by Crippen LogP contribution is 2.27. The highest BCUT2D eigenvalue weighted by Gasteiger charge is 2.30. The summed E-state index contributed by atoms with van der Waals surface area (Å²) in [5.41, 5.74) is -1.26. The minimum Gasteiger partial charge on any atom is -0.504 e. The summed E-state index contributed by atoms with van der Waals surface area (Å²) < 4.78 is 4.88. The number of phenolic OH excluding ortho intramolecular Hbond substituents is 1. The SMILES string of the molecule is COc1cc(C[C@](C)(O)C(=O)O)ccc1O. The van der Waals surface area contributed by atoms with Gasteiger partial charge < -0.3 is 20.1 Å². The number of aliphatic carboxylic acids is 1. The van der Waals surface area contributed by atoms with Crippen LogP contribution in [0.1, 0.15) is 12.5 Å². The van der Waals surface area contributed by atoms with Crippen molar-refractivity contribution in [3.63, 3.8) is 0 Å². The van der Waals surface area contributed by atoms with Crippen molar-refractivity contribution < 1.29 is 24.9 Å². The minimum absolute atomic E-state index is 0.0267. The maximum atomic E-state index is 10.7. The molecule has 1 atom stereocenters. The van der Waals surface area contributed by atoms with Crippen molar-refractivity contribution in [3.8, 4) is 11.5 Å². The third-order valence-corrected chi connectivity index (χ3v) is 2.25. The summed E-state index contributed by atoms with van der Waals surface area (Å²) >= 11 is 0. The Hall–Kier alpha value is -1.75. The van der Waals surface area contributed by atoms with Gasteiger partial charge in [-0.05, 0) is 24.6 Å². The number of methoxy groups -OCH3 is 1. The van der Waals surface area contributed by atoms with Gasteiger partial charge in [0.05, 0.1) is 7.11 Å². The Labute approximate surface area is 92.9 Å². The van der Waals surface area contributed by atoms with Gasteiger partial charge in [-0.15, -0.1) is 0 Å². The Morgan fingerprint density at radius 2 is 2.12 bits per heavy atom. The molecule has 0 aliphatic rings. The molecule has 1 aromatic carbocycles. The fourth-order valence-electron chi connectivity index (χ4n) is 1.31. The Morgan fingerprint density at radius 1 is 1.50 bits per heavy atom. The van der Waals surface area contributed by atoms with Crippen LogP contribution in [0.3, 0.4) is 0 Å². The lowest BCUT2D eigenvalue weighted by Gasteiger charge is -2.18. The first-order chi connectivity index (χ1) is 7.36. The summed E-state index contributed by atoms with van der Waals surface area (Å²) in [5, 5.41) is 27.7. The van der Waals surface area contributed by atoms with Crippen LogP contribution in [-0.4, -0.2) is 34.0 Å². The lowest BCUT2D eigenvalue weighted by atomic mass is 9.96. The van der Waals surface area contributed by atoms with Crippen LogP contribution < -0.4 is 4.74 Å². The van der Waals surface area contributed by atoms with Crippen molar-refractivity contribution in [2.24, 2.45) is 0 Å². The van der Waals surface area contributed by atoms with Crippen molar-refractivity contribution in [1.29, 1.82) is 0 Å². The second-order valence-electron chi connectivity index (χ2n) is 3.76. The summed E-state index contributed by atoms with van der Waals surface area (Å²) in [6.45, 7) is 1.22. The van der Waals surface area contributed by atoms with E-state index in [9.17, 15) is 15.0 Å². The number of aromatic hydroxyl groups is 1. The molecule has 0 saturated carbocycles. The molecule has 0 amide bonds. The van der Waals surface area contributed by atoms with Gasteiger partial charge in [-0.2, -0.15) is 0 Å². The van der Waals surface area contributed by atoms with Crippen LogP contribution in [-0.2, 0) is 11.2 Å². The summed E-state index contributed by atoms with van der Waals surface area (Å²) in [5.74, 6) is -1.07. The number of ether oxygens (including phenoxy) is 1. The molecule has 3 N–H and O–H groups in total. The zero-order chi connectivity index (χ0) is 12.3. The van der Waals surface area contributed by atoms with Crippen LogP contribution in [0.4, 0.5) is 0 Å². The van der Waals surface area contributed by atoms with E-state index < -0.39 is 11.6 Å². The van der Waals surface area contributed by atoms with Gasteiger partial charge in [0.1, 0.15) is 0 Å². The first-order valence-electron chi connectivity index (χ1n) is 4.68. The quantitative estimate of drug-likeness (QED) is 0.706. The van der Waals surface area contributed by atoms with Gasteiger partial charge >= 0.3 is 5.97 Å². The molecule has 5 nitrogen and oxygen atoms in total. The summed E-state index contributed by atoms with van der Waals surface area (Å²) in [6, 6.07) is 4.42. The molecule has 1 rings (SSSR count). The van der Waals surface area contributed by atoms with E-state index in [1.165, 1.54) is 32.2 Å². The third kappa shape index (κ3) is 2.64. The molecule has 0 radical (unpaired) electrons. The zero-order valence-corrected chi connectivity index (χ0v) is 9.10. The number of carboxylic acids is 1. The van der Waals surface area contributed by atoms with Crippen molar-refractivity contribution in [2.75, 3.05) is 7.11 Å². The Balaban J connectivity index is 2.94. The van der Waals surface area contributed by atoms with E-state index in [2.05, 4.69) is 0 Å². The van der Waals surface area contributed by atoms with Gasteiger partial charge in [0.25, 0.3) is 0 Å². The van der Waals surface area contributed by atoms with Crippen molar-refractivity contribution >= 4 is 5.97 Å². The maximum absolute atomic E-state index is 10.7. The van der Waals surface area contributed by atoms with E-state index >= 15 is 0 Å². The van der Waals surface area contributed by atoms with Crippen molar-refractivity contribution in [2.45, 2.75) is 18.9 Å². The van der Waals surface area contributed by atoms with E-state index in [1.54, 1.807) is 0 Å². The Kier molecular flexibility index (Phi) is 3.39. The average Bonchev–Trinajstić information content (AvgIpc) is 2.20. The van der Waals surface area contributed by atoms with E-state index in [0.29, 0.717) is 5.56 Å². The van der Waals surface area contributed by atoms with Crippen LogP contribution in [0.25, 0.3) is 0 Å². The monoisotopic (exact) mass is 226 g/mol. The van der Waals surface area contributed by atoms with Crippen LogP contribution in [0.2, 0.25) is 0 Å². The van der Waals surface area contributed by atoms with E-state index in [0.717, 1.165) is 0 Å². The number of hydrogen-bond acceptors (Lipinski definition) is 4. The van der Waals surface area contributed by atoms with Gasteiger partial charge in [0.15, 0.2) is 17.1 Å². The van der Waals surface area contributed by atoms with Crippen molar-refractivity contribution in [1.82, 2.24) is 0 Å². The molecule has 5 heteroatoms. The first-order valence-corrected chi connectivity index (χ1v) is 4.68. The second-order valence-corrected chi connectivity index (χ2v) is 3.76. The van der Waals surface area contributed by atoms with Gasteiger partial charge in [-0.25, -0.2) is 4.79 Å². The summed E-state index contributed by atoms with van der Waals surface area (Å²) in [7, 11) is 1.40. The van der Waals surface area contributed by atoms with Gasteiger partial charge in [-0.1, -0.05) is 6.07 Å². The smallest absolute Gasteiger partial charge is 0.335 e. The number of phenols is 1. The second kappa shape index (κ2) is 4.40. The van der Waals surface area contributed by atoms with Gasteiger partial charge in [0, 0.05) is 6.42 Å². The van der Waals surface area contributed by atoms with E-state index in [-0.39, 0.29) is 17.9 Å². The predicted molar refractivity (Wildman–Crippen MR) is 56.6 cm³/mol. The summed E-state index contributed by atoms with van der Waals surface area (Å²) in [4.78, 5) is 10.7. The fourth-order valence-corrected chi connectivity index (χ4v) is 1.31. The van der Waals surface area contributed by atoms with E-state index in [4.69, 9.17) is 9.84 Å². The Morgan fingerprint density at radius 3 is 2.62 bits per heavy atom. The highest BCUT2D eigenvalue weighted by atomic mass is 16.5. The molecular formula is C11H14O5. The van der Waals surface area contributed by atoms with Crippen LogP contribution in [0, 0.1) is 0 Å². The molecule has 0 fully saturated rings. The molecule has 0 spiro atoms. The van der Waals surface area contributed by atoms with Gasteiger partial charge in [-0.3, -0.25) is 0 Å². The number of carboxylic acid groups (broad SMARTS) is 1. The molecular weight excluding hydrogens is 212 g/mol. The largest absolute Gasteiger partial charge is 0.504 e. The molecule has 0 heterocycles. The lowest BCUT2D eigenvalue weighted by molar-refractivity contribution is -0.156. The third-order valence-electron chi connectivity index (χ3n) is 2.25. The molecule has 0 aliphatic carbocycles. The molecule has 88 valence electrons. The number of aliphatic hydroxyl groups is 1. The molecule has 1 aromatic rings. The molecule has 0 bridgehead atoms. The highest BCUT2D eigenvalue weighted by molar-refractivity contribution is 5.77. The van der Waals surface area contributed by atoms with E-state index in [1.807, 2.05) is 0 Å². The lowest BCUT2D eigenvalue weighted by Crippen LogP contribution is -2.37. The van der Waals surface area contributed by atoms with Gasteiger partial charge in [0.2, 0.25) is 0 Å². The van der Waals surface area contributed by atoms with Crippen LogP contribution in [0.15, 0.2) is 18.2 Å². The normalized spacial score (nSPS) is 14.2. The summed E-state index contributed by atoms with van der Waals surface area (Å²) in [6.07, 6.45) is -0.0566. The van der Waals surface area contributed by atoms with Crippen LogP contribution >= 0.6 is 0 Å². The van der Waals surface area contributed by atoms with Crippen LogP contribution in [0.5, 0.6) is 11.5 Å². The number of hydrogen-bond donors (Lipinski definition) is 3. The molecule has 0 aliphatic heterocycles. The average molecular weight is 226 g/mol. The molecule has 0 saturated heterocycles. The standard InChI is InChI=1S/C11H14O5/c1-11(15,10(13)14)6-7-3-4-8(12)9(5-7)16-2/h3-5,12,15H,6H2,1-2H3,(H,13,14)/t11-/m0/s1. The topological polar surface area (TPSA) is 87.0 Å². The van der Waals surface area contributed by atoms with Crippen molar-refractivity contribution in [3.05, 3.63) is 23.8 Å². The number of benzene rings is 1. The molecule has 16 heavy (non-hydrogen) atoms. The maximum Gasteiger partial charge on any atom is 0.335 e. The molecule has 0 unspecified atom stereocenters. The minimum atomic E-state index is -1.83. The zero-order valence-electron chi connectivity index (χ0n) is 9.10.